The summed E-state index contributed by atoms with van der Waals surface area (Å²) in [6.07, 6.45) is 3.44. The van der Waals surface area contributed by atoms with E-state index >= 15 is 0 Å². The topological polar surface area (TPSA) is 44.5 Å². The minimum absolute atomic E-state index is 0.134. The second kappa shape index (κ2) is 6.16. The lowest BCUT2D eigenvalue weighted by atomic mass is 10.1. The first-order valence-electron chi connectivity index (χ1n) is 6.46. The standard InChI is InChI=1S/C14H20FNO2/c1-10(16)13-6-5-11(8-14(13)15)18-9-12-4-2-3-7-17-12/h5-6,8,10,12H,2-4,7,9,16H2,1H3/t10-,12?/m0/s1. The molecule has 18 heavy (non-hydrogen) atoms. The molecule has 0 spiro atoms. The van der Waals surface area contributed by atoms with E-state index in [0.717, 1.165) is 19.4 Å². The van der Waals surface area contributed by atoms with Crippen molar-refractivity contribution in [1.82, 2.24) is 0 Å². The van der Waals surface area contributed by atoms with Crippen molar-refractivity contribution < 1.29 is 13.9 Å². The third-order valence-corrected chi connectivity index (χ3v) is 3.17. The van der Waals surface area contributed by atoms with Gasteiger partial charge in [-0.25, -0.2) is 4.39 Å². The van der Waals surface area contributed by atoms with E-state index < -0.39 is 0 Å². The van der Waals surface area contributed by atoms with Gasteiger partial charge in [0.1, 0.15) is 18.2 Å². The van der Waals surface area contributed by atoms with E-state index in [9.17, 15) is 4.39 Å². The van der Waals surface area contributed by atoms with Gasteiger partial charge < -0.3 is 15.2 Å². The Labute approximate surface area is 107 Å². The maximum Gasteiger partial charge on any atom is 0.131 e. The van der Waals surface area contributed by atoms with Gasteiger partial charge in [-0.05, 0) is 32.3 Å². The number of rotatable bonds is 4. The van der Waals surface area contributed by atoms with Crippen LogP contribution in [0.1, 0.15) is 37.8 Å². The fourth-order valence-corrected chi connectivity index (χ4v) is 2.09. The maximum absolute atomic E-state index is 13.7. The molecule has 2 rings (SSSR count). The zero-order valence-electron chi connectivity index (χ0n) is 10.7. The molecule has 2 N–H and O–H groups in total. The van der Waals surface area contributed by atoms with Gasteiger partial charge in [0.2, 0.25) is 0 Å². The number of halogens is 1. The predicted octanol–water partition coefficient (Wildman–Crippen LogP) is 2.79. The molecule has 100 valence electrons. The molecule has 0 amide bonds. The van der Waals surface area contributed by atoms with Crippen molar-refractivity contribution in [2.45, 2.75) is 38.3 Å². The SMILES string of the molecule is C[C@H](N)c1ccc(OCC2CCCCO2)cc1F. The quantitative estimate of drug-likeness (QED) is 0.897. The van der Waals surface area contributed by atoms with Gasteiger partial charge in [0.25, 0.3) is 0 Å². The van der Waals surface area contributed by atoms with Crippen molar-refractivity contribution in [3.8, 4) is 5.75 Å². The molecule has 0 radical (unpaired) electrons. The van der Waals surface area contributed by atoms with Crippen LogP contribution in [0.2, 0.25) is 0 Å². The van der Waals surface area contributed by atoms with Crippen molar-refractivity contribution in [3.05, 3.63) is 29.6 Å². The van der Waals surface area contributed by atoms with Crippen LogP contribution in [0.15, 0.2) is 18.2 Å². The first-order valence-corrected chi connectivity index (χ1v) is 6.46. The van der Waals surface area contributed by atoms with Gasteiger partial charge in [0.05, 0.1) is 6.10 Å². The molecule has 3 nitrogen and oxygen atoms in total. The Hall–Kier alpha value is -1.13. The first-order chi connectivity index (χ1) is 8.66. The zero-order valence-corrected chi connectivity index (χ0v) is 10.7. The molecule has 1 unspecified atom stereocenters. The van der Waals surface area contributed by atoms with Crippen LogP contribution in [0, 0.1) is 5.82 Å². The molecule has 0 aromatic heterocycles. The number of hydrogen-bond donors (Lipinski definition) is 1. The molecule has 4 heteroatoms. The van der Waals surface area contributed by atoms with Gasteiger partial charge in [0.15, 0.2) is 0 Å². The lowest BCUT2D eigenvalue weighted by Gasteiger charge is -2.22. The van der Waals surface area contributed by atoms with E-state index in [1.807, 2.05) is 0 Å². The molecule has 1 aliphatic rings. The van der Waals surface area contributed by atoms with Crippen LogP contribution in [0.25, 0.3) is 0 Å². The summed E-state index contributed by atoms with van der Waals surface area (Å²) in [5, 5.41) is 0. The highest BCUT2D eigenvalue weighted by molar-refractivity contribution is 5.30. The van der Waals surface area contributed by atoms with Crippen molar-refractivity contribution in [1.29, 1.82) is 0 Å². The molecular weight excluding hydrogens is 233 g/mol. The molecule has 1 aromatic rings. The highest BCUT2D eigenvalue weighted by atomic mass is 19.1. The Morgan fingerprint density at radius 3 is 2.94 bits per heavy atom. The minimum Gasteiger partial charge on any atom is -0.491 e. The van der Waals surface area contributed by atoms with Crippen molar-refractivity contribution in [2.75, 3.05) is 13.2 Å². The summed E-state index contributed by atoms with van der Waals surface area (Å²) in [6, 6.07) is 4.52. The summed E-state index contributed by atoms with van der Waals surface area (Å²) in [6.45, 7) is 3.04. The molecule has 2 atom stereocenters. The Balaban J connectivity index is 1.91. The number of hydrogen-bond acceptors (Lipinski definition) is 3. The first kappa shape index (κ1) is 13.3. The molecule has 0 saturated carbocycles. The highest BCUT2D eigenvalue weighted by Gasteiger charge is 2.15. The normalized spacial score (nSPS) is 21.6. The van der Waals surface area contributed by atoms with E-state index in [-0.39, 0.29) is 18.0 Å². The van der Waals surface area contributed by atoms with E-state index in [1.165, 1.54) is 12.5 Å². The van der Waals surface area contributed by atoms with E-state index in [1.54, 1.807) is 19.1 Å². The lowest BCUT2D eigenvalue weighted by molar-refractivity contribution is -0.0111. The average Bonchev–Trinajstić information content (AvgIpc) is 2.37. The molecule has 1 aromatic carbocycles. The van der Waals surface area contributed by atoms with Gasteiger partial charge in [0, 0.05) is 24.3 Å². The fraction of sp³-hybridized carbons (Fsp3) is 0.571. The van der Waals surface area contributed by atoms with Gasteiger partial charge in [-0.3, -0.25) is 0 Å². The predicted molar refractivity (Wildman–Crippen MR) is 68.1 cm³/mol. The van der Waals surface area contributed by atoms with Crippen molar-refractivity contribution >= 4 is 0 Å². The molecule has 1 heterocycles. The second-order valence-electron chi connectivity index (χ2n) is 4.77. The van der Waals surface area contributed by atoms with Crippen LogP contribution < -0.4 is 10.5 Å². The van der Waals surface area contributed by atoms with E-state index in [0.29, 0.717) is 17.9 Å². The van der Waals surface area contributed by atoms with Crippen molar-refractivity contribution in [2.24, 2.45) is 5.73 Å². The largest absolute Gasteiger partial charge is 0.491 e. The number of benzene rings is 1. The van der Waals surface area contributed by atoms with Crippen molar-refractivity contribution in [3.63, 3.8) is 0 Å². The van der Waals surface area contributed by atoms with Crippen LogP contribution in [0.5, 0.6) is 5.75 Å². The summed E-state index contributed by atoms with van der Waals surface area (Å²) in [5.41, 5.74) is 6.17. The van der Waals surface area contributed by atoms with Gasteiger partial charge >= 0.3 is 0 Å². The Kier molecular flexibility index (Phi) is 4.55. The van der Waals surface area contributed by atoms with Crippen LogP contribution in [0.3, 0.4) is 0 Å². The Morgan fingerprint density at radius 2 is 2.33 bits per heavy atom. The van der Waals surface area contributed by atoms with Crippen LogP contribution in [-0.4, -0.2) is 19.3 Å². The number of ether oxygens (including phenoxy) is 2. The molecular formula is C14H20FNO2. The summed E-state index contributed by atoms with van der Waals surface area (Å²) in [5.74, 6) is 0.220. The molecule has 0 aliphatic carbocycles. The second-order valence-corrected chi connectivity index (χ2v) is 4.77. The zero-order chi connectivity index (χ0) is 13.0. The molecule has 1 fully saturated rings. The molecule has 1 saturated heterocycles. The van der Waals surface area contributed by atoms with E-state index in [4.69, 9.17) is 15.2 Å². The Morgan fingerprint density at radius 1 is 1.50 bits per heavy atom. The molecule has 0 bridgehead atoms. The highest BCUT2D eigenvalue weighted by Crippen LogP contribution is 2.21. The van der Waals surface area contributed by atoms with Gasteiger partial charge in [-0.15, -0.1) is 0 Å². The average molecular weight is 253 g/mol. The summed E-state index contributed by atoms with van der Waals surface area (Å²) in [7, 11) is 0. The van der Waals surface area contributed by atoms with Gasteiger partial charge in [-0.2, -0.15) is 0 Å². The van der Waals surface area contributed by atoms with Crippen LogP contribution in [-0.2, 0) is 4.74 Å². The van der Waals surface area contributed by atoms with Crippen LogP contribution in [0.4, 0.5) is 4.39 Å². The minimum atomic E-state index is -0.313. The summed E-state index contributed by atoms with van der Waals surface area (Å²) < 4.78 is 24.8. The van der Waals surface area contributed by atoms with Crippen LogP contribution >= 0.6 is 0 Å². The maximum atomic E-state index is 13.7. The van der Waals surface area contributed by atoms with E-state index in [2.05, 4.69) is 0 Å². The van der Waals surface area contributed by atoms with Gasteiger partial charge in [-0.1, -0.05) is 6.07 Å². The monoisotopic (exact) mass is 253 g/mol. The smallest absolute Gasteiger partial charge is 0.131 e. The fourth-order valence-electron chi connectivity index (χ4n) is 2.09. The Bertz CT molecular complexity index is 389. The third-order valence-electron chi connectivity index (χ3n) is 3.17. The third kappa shape index (κ3) is 3.43. The summed E-state index contributed by atoms with van der Waals surface area (Å²) in [4.78, 5) is 0. The summed E-state index contributed by atoms with van der Waals surface area (Å²) >= 11 is 0. The molecule has 1 aliphatic heterocycles. The lowest BCUT2D eigenvalue weighted by Crippen LogP contribution is -2.25. The number of nitrogens with two attached hydrogens (primary N) is 1.